The fourth-order valence-electron chi connectivity index (χ4n) is 6.46. The summed E-state index contributed by atoms with van der Waals surface area (Å²) in [4.78, 5) is 58.1. The number of H-pyrrole nitrogens is 1. The summed E-state index contributed by atoms with van der Waals surface area (Å²) < 4.78 is 19.6. The van der Waals surface area contributed by atoms with Crippen molar-refractivity contribution in [3.63, 3.8) is 0 Å². The molecule has 0 aliphatic carbocycles. The second-order valence-electron chi connectivity index (χ2n) is 15.3. The van der Waals surface area contributed by atoms with E-state index in [9.17, 15) is 24.3 Å². The number of aromatic amines is 1. The van der Waals surface area contributed by atoms with Gasteiger partial charge in [-0.2, -0.15) is 5.48 Å². The van der Waals surface area contributed by atoms with E-state index in [4.69, 9.17) is 19.0 Å². The minimum absolute atomic E-state index is 0.0365. The first-order chi connectivity index (χ1) is 25.0. The number of aromatic nitrogens is 2. The van der Waals surface area contributed by atoms with Gasteiger partial charge in [0.1, 0.15) is 11.5 Å². The van der Waals surface area contributed by atoms with Gasteiger partial charge in [0.2, 0.25) is 0 Å². The summed E-state index contributed by atoms with van der Waals surface area (Å²) >= 11 is 0. The van der Waals surface area contributed by atoms with Gasteiger partial charge in [-0.15, -0.1) is 0 Å². The number of nitrogens with zero attached hydrogens (tertiary/aromatic N) is 1. The molecule has 14 heteroatoms. The highest BCUT2D eigenvalue weighted by Crippen LogP contribution is 2.41. The molecule has 1 fully saturated rings. The minimum Gasteiger partial charge on any atom is -0.449 e. The Labute approximate surface area is 313 Å². The third-order valence-electron chi connectivity index (χ3n) is 9.44. The van der Waals surface area contributed by atoms with E-state index in [0.717, 1.165) is 23.1 Å². The third kappa shape index (κ3) is 11.2. The fraction of sp³-hybridized carbons (Fsp3) is 0.538. The Morgan fingerprint density at radius 2 is 1.72 bits per heavy atom. The van der Waals surface area contributed by atoms with Crippen molar-refractivity contribution in [3.8, 4) is 11.1 Å². The molecule has 1 aromatic heterocycles. The molecule has 1 saturated heterocycles. The van der Waals surface area contributed by atoms with Crippen molar-refractivity contribution in [2.75, 3.05) is 13.2 Å². The van der Waals surface area contributed by atoms with Gasteiger partial charge in [-0.05, 0) is 64.2 Å². The maximum Gasteiger partial charge on any atom is 0.407 e. The molecule has 290 valence electrons. The molecule has 0 saturated carbocycles. The number of hydroxylamine groups is 1. The summed E-state index contributed by atoms with van der Waals surface area (Å²) in [7, 11) is -1.93. The molecule has 3 unspecified atom stereocenters. The third-order valence-corrected chi connectivity index (χ3v) is 11.9. The molecule has 6 atom stereocenters. The number of amides is 1. The van der Waals surface area contributed by atoms with Crippen LogP contribution in [0.1, 0.15) is 77.3 Å². The van der Waals surface area contributed by atoms with Crippen LogP contribution in [0.4, 0.5) is 4.79 Å². The molecule has 1 aliphatic rings. The van der Waals surface area contributed by atoms with Crippen LogP contribution >= 0.6 is 0 Å². The van der Waals surface area contributed by atoms with E-state index in [1.165, 1.54) is 10.8 Å². The molecule has 1 aliphatic heterocycles. The molecule has 2 heterocycles. The molecular formula is C39H56N4O9Si. The summed E-state index contributed by atoms with van der Waals surface area (Å²) in [6.45, 7) is 15.6. The van der Waals surface area contributed by atoms with E-state index in [1.807, 2.05) is 65.9 Å². The van der Waals surface area contributed by atoms with Crippen molar-refractivity contribution in [2.45, 2.75) is 122 Å². The maximum absolute atomic E-state index is 13.0. The summed E-state index contributed by atoms with van der Waals surface area (Å²) in [5.74, 6) is -0.905. The molecule has 0 radical (unpaired) electrons. The minimum atomic E-state index is -1.93. The smallest absolute Gasteiger partial charge is 0.407 e. The molecule has 4 rings (SSSR count). The monoisotopic (exact) mass is 752 g/mol. The number of unbranched alkanes of at least 4 members (excludes halogenated alkanes) is 1. The molecule has 13 nitrogen and oxygen atoms in total. The first-order valence-corrected chi connectivity index (χ1v) is 21.3. The van der Waals surface area contributed by atoms with Gasteiger partial charge in [0.05, 0.1) is 27.1 Å². The Kier molecular flexibility index (Phi) is 14.4. The van der Waals surface area contributed by atoms with Crippen molar-refractivity contribution < 1.29 is 33.7 Å². The number of aliphatic hydroxyl groups excluding tert-OH is 1. The maximum atomic E-state index is 13.0. The number of carbonyl (C=O) groups is 2. The first-order valence-electron chi connectivity index (χ1n) is 18.4. The molecule has 0 bridgehead atoms. The zero-order chi connectivity index (χ0) is 38.9. The Balaban J connectivity index is 1.20. The number of alkyl carbamates (subject to hydrolysis) is 1. The van der Waals surface area contributed by atoms with Crippen molar-refractivity contribution in [1.82, 2.24) is 20.3 Å². The average molecular weight is 753 g/mol. The van der Waals surface area contributed by atoms with Crippen molar-refractivity contribution in [2.24, 2.45) is 0 Å². The van der Waals surface area contributed by atoms with Crippen LogP contribution in [0.3, 0.4) is 0 Å². The van der Waals surface area contributed by atoms with Gasteiger partial charge in [0, 0.05) is 36.7 Å². The zero-order valence-electron chi connectivity index (χ0n) is 32.1. The van der Waals surface area contributed by atoms with Gasteiger partial charge < -0.3 is 29.5 Å². The van der Waals surface area contributed by atoms with Gasteiger partial charge in [0.15, 0.2) is 6.10 Å². The largest absolute Gasteiger partial charge is 0.449 e. The van der Waals surface area contributed by atoms with Crippen molar-refractivity contribution in [3.05, 3.63) is 92.8 Å². The lowest BCUT2D eigenvalue weighted by Crippen LogP contribution is -2.53. The van der Waals surface area contributed by atoms with Gasteiger partial charge in [-0.25, -0.2) is 14.4 Å². The summed E-state index contributed by atoms with van der Waals surface area (Å²) in [5.41, 5.74) is 4.55. The molecule has 0 spiro atoms. The van der Waals surface area contributed by atoms with Gasteiger partial charge in [-0.1, -0.05) is 81.0 Å². The van der Waals surface area contributed by atoms with Gasteiger partial charge in [-0.3, -0.25) is 14.3 Å². The van der Waals surface area contributed by atoms with Crippen molar-refractivity contribution in [1.29, 1.82) is 0 Å². The molecule has 4 N–H and O–H groups in total. The average Bonchev–Trinajstić information content (AvgIpc) is 3.49. The number of aliphatic hydroxyl groups is 1. The van der Waals surface area contributed by atoms with Crippen molar-refractivity contribution >= 4 is 20.9 Å². The van der Waals surface area contributed by atoms with E-state index < -0.39 is 61.4 Å². The standard InChI is InChI=1S/C39H56N4O9Si/c1-25-23-43(36(47)42-34(25)45)39(53(7)8)22-31(50-38(4,5)6)33(51-39)32(44)35(46)52-40-21-13-12-14-27(3)41-37(48)49-24-26(2)28-17-19-30(20-18-28)29-15-10-9-11-16-29/h9-11,15-20,23,26-27,31-33,40,44,53H,12-14,21-22,24H2,1-8H3,(H,41,48)(H,42,45,47)/t26?,27?,31-,32?,33-,39-/m0/s1. The quantitative estimate of drug-likeness (QED) is 0.0917. The number of benzene rings is 2. The Hall–Kier alpha value is -4.08. The normalized spacial score (nSPS) is 20.5. The van der Waals surface area contributed by atoms with Gasteiger partial charge in [0.25, 0.3) is 5.56 Å². The second kappa shape index (κ2) is 18.3. The number of hydrogen-bond acceptors (Lipinski definition) is 10. The van der Waals surface area contributed by atoms with Crippen LogP contribution in [-0.4, -0.2) is 78.6 Å². The predicted octanol–water partition coefficient (Wildman–Crippen LogP) is 4.66. The lowest BCUT2D eigenvalue weighted by atomic mass is 9.98. The molecule has 1 amide bonds. The highest BCUT2D eigenvalue weighted by atomic mass is 28.3. The van der Waals surface area contributed by atoms with E-state index in [1.54, 1.807) is 6.92 Å². The van der Waals surface area contributed by atoms with E-state index in [2.05, 4.69) is 52.2 Å². The van der Waals surface area contributed by atoms with Crippen LogP contribution in [0.15, 0.2) is 70.4 Å². The number of rotatable bonds is 16. The lowest BCUT2D eigenvalue weighted by Gasteiger charge is -2.35. The van der Waals surface area contributed by atoms with E-state index in [0.29, 0.717) is 24.9 Å². The SMILES string of the molecule is Cc1cn([C@@]2([SiH](C)C)C[C@H](OC(C)(C)C)[C@@H](C(O)C(=O)ONCCCCC(C)NC(=O)OCC(C)c3ccc(-c4ccccc4)cc3)O2)c(=O)[nH]c1=O. The lowest BCUT2D eigenvalue weighted by molar-refractivity contribution is -0.182. The Morgan fingerprint density at radius 1 is 1.06 bits per heavy atom. The van der Waals surface area contributed by atoms with Crippen LogP contribution in [0, 0.1) is 6.92 Å². The van der Waals surface area contributed by atoms with Crippen LogP contribution in [0.2, 0.25) is 13.1 Å². The Bertz CT molecular complexity index is 1770. The van der Waals surface area contributed by atoms with Crippen LogP contribution < -0.4 is 22.0 Å². The number of aryl methyl sites for hydroxylation is 1. The zero-order valence-corrected chi connectivity index (χ0v) is 33.3. The van der Waals surface area contributed by atoms with Gasteiger partial charge >= 0.3 is 17.8 Å². The van der Waals surface area contributed by atoms with Crippen LogP contribution in [0.25, 0.3) is 11.1 Å². The topological polar surface area (TPSA) is 170 Å². The summed E-state index contributed by atoms with van der Waals surface area (Å²) in [5, 5.41) is 12.9. The molecule has 2 aromatic carbocycles. The highest BCUT2D eigenvalue weighted by molar-refractivity contribution is 6.58. The first kappa shape index (κ1) is 41.7. The van der Waals surface area contributed by atoms with Crippen LogP contribution in [-0.2, 0) is 29.2 Å². The summed E-state index contributed by atoms with van der Waals surface area (Å²) in [6.07, 6.45) is -0.374. The number of hydrogen-bond donors (Lipinski definition) is 4. The Morgan fingerprint density at radius 3 is 2.36 bits per heavy atom. The number of nitrogens with one attached hydrogen (secondary N) is 3. The summed E-state index contributed by atoms with van der Waals surface area (Å²) in [6, 6.07) is 18.3. The van der Waals surface area contributed by atoms with E-state index in [-0.39, 0.29) is 25.0 Å². The highest BCUT2D eigenvalue weighted by Gasteiger charge is 2.55. The predicted molar refractivity (Wildman–Crippen MR) is 205 cm³/mol. The second-order valence-corrected chi connectivity index (χ2v) is 18.5. The number of carbonyl (C=O) groups excluding carboxylic acids is 2. The molecular weight excluding hydrogens is 697 g/mol. The van der Waals surface area contributed by atoms with Crippen LogP contribution in [0.5, 0.6) is 0 Å². The number of ether oxygens (including phenoxy) is 3. The fourth-order valence-corrected chi connectivity index (χ4v) is 8.34. The molecule has 3 aromatic rings. The molecule has 53 heavy (non-hydrogen) atoms. The van der Waals surface area contributed by atoms with E-state index >= 15 is 0 Å².